The molecule has 1 aromatic carbocycles. The molecule has 0 fully saturated rings. The van der Waals surface area contributed by atoms with Crippen LogP contribution in [0.1, 0.15) is 28.7 Å². The molecule has 9 nitrogen and oxygen atoms in total. The van der Waals surface area contributed by atoms with Crippen molar-refractivity contribution >= 4 is 11.9 Å². The minimum Gasteiger partial charge on any atom is -0.493 e. The zero-order valence-electron chi connectivity index (χ0n) is 16.0. The van der Waals surface area contributed by atoms with Crippen molar-refractivity contribution in [3.05, 3.63) is 41.2 Å². The maximum Gasteiger partial charge on any atom is 0.300 e. The molecule has 9 heteroatoms. The molecule has 27 heavy (non-hydrogen) atoms. The average Bonchev–Trinajstić information content (AvgIpc) is 3.03. The lowest BCUT2D eigenvalue weighted by Crippen LogP contribution is -2.26. The van der Waals surface area contributed by atoms with Crippen LogP contribution in [0.2, 0.25) is 0 Å². The molecule has 0 spiro atoms. The van der Waals surface area contributed by atoms with Gasteiger partial charge in [0.2, 0.25) is 0 Å². The largest absolute Gasteiger partial charge is 0.493 e. The Balaban J connectivity index is 0.000000828. The molecule has 0 aliphatic carbocycles. The zero-order chi connectivity index (χ0) is 20.4. The first kappa shape index (κ1) is 22.0. The van der Waals surface area contributed by atoms with E-state index in [0.29, 0.717) is 36.8 Å². The lowest BCUT2D eigenvalue weighted by molar-refractivity contribution is -0.134. The van der Waals surface area contributed by atoms with Crippen LogP contribution in [-0.4, -0.2) is 59.4 Å². The molecule has 0 aliphatic rings. The van der Waals surface area contributed by atoms with E-state index >= 15 is 0 Å². The number of carbonyl (C=O) groups is 2. The van der Waals surface area contributed by atoms with Crippen LogP contribution >= 0.6 is 0 Å². The van der Waals surface area contributed by atoms with Crippen LogP contribution in [0.3, 0.4) is 0 Å². The lowest BCUT2D eigenvalue weighted by atomic mass is 10.1. The molecule has 4 N–H and O–H groups in total. The average molecular weight is 378 g/mol. The van der Waals surface area contributed by atoms with Crippen molar-refractivity contribution in [2.24, 2.45) is 5.73 Å². The number of amides is 1. The Morgan fingerprint density at radius 1 is 1.30 bits per heavy atom. The minimum atomic E-state index is -0.833. The smallest absolute Gasteiger partial charge is 0.300 e. The van der Waals surface area contributed by atoms with Crippen molar-refractivity contribution in [3.63, 3.8) is 0 Å². The summed E-state index contributed by atoms with van der Waals surface area (Å²) >= 11 is 0. The number of nitrogens with two attached hydrogens (primary N) is 1. The number of aromatic amines is 1. The van der Waals surface area contributed by atoms with Crippen LogP contribution in [0.15, 0.2) is 24.3 Å². The van der Waals surface area contributed by atoms with E-state index in [4.69, 9.17) is 25.1 Å². The number of aromatic nitrogens is 2. The summed E-state index contributed by atoms with van der Waals surface area (Å²) in [5, 5.41) is 14.4. The molecule has 0 saturated heterocycles. The topological polar surface area (TPSA) is 131 Å². The van der Waals surface area contributed by atoms with Crippen molar-refractivity contribution in [3.8, 4) is 11.5 Å². The van der Waals surface area contributed by atoms with Gasteiger partial charge in [-0.25, -0.2) is 0 Å². The molecule has 0 aliphatic heterocycles. The summed E-state index contributed by atoms with van der Waals surface area (Å²) < 4.78 is 10.8. The highest BCUT2D eigenvalue weighted by molar-refractivity contribution is 5.94. The molecular formula is C18H26N4O5. The summed E-state index contributed by atoms with van der Waals surface area (Å²) in [6.45, 7) is 4.17. The monoisotopic (exact) mass is 378 g/mol. The number of rotatable bonds is 7. The minimum absolute atomic E-state index is 0.120. The van der Waals surface area contributed by atoms with Crippen molar-refractivity contribution in [1.82, 2.24) is 15.1 Å². The molecule has 0 radical (unpaired) electrons. The van der Waals surface area contributed by atoms with Gasteiger partial charge in [-0.1, -0.05) is 0 Å². The second-order valence-electron chi connectivity index (χ2n) is 5.73. The summed E-state index contributed by atoms with van der Waals surface area (Å²) in [5.74, 6) is 0.124. The molecule has 0 bridgehead atoms. The summed E-state index contributed by atoms with van der Waals surface area (Å²) in [7, 11) is 3.29. The van der Waals surface area contributed by atoms with Gasteiger partial charge >= 0.3 is 0 Å². The number of aryl methyl sites for hydroxylation is 1. The second kappa shape index (κ2) is 10.8. The van der Waals surface area contributed by atoms with Gasteiger partial charge in [0.25, 0.3) is 11.9 Å². The molecule has 2 rings (SSSR count). The Kier molecular flexibility index (Phi) is 8.80. The van der Waals surface area contributed by atoms with Gasteiger partial charge in [0.15, 0.2) is 11.5 Å². The predicted octanol–water partition coefficient (Wildman–Crippen LogP) is 1.43. The van der Waals surface area contributed by atoms with E-state index in [0.717, 1.165) is 18.3 Å². The fourth-order valence-corrected chi connectivity index (χ4v) is 2.18. The molecule has 148 valence electrons. The van der Waals surface area contributed by atoms with Crippen molar-refractivity contribution < 1.29 is 24.2 Å². The number of nitrogens with zero attached hydrogens (tertiary/aromatic N) is 2. The summed E-state index contributed by atoms with van der Waals surface area (Å²) in [5.41, 5.74) is 7.74. The van der Waals surface area contributed by atoms with Gasteiger partial charge in [-0.2, -0.15) is 5.10 Å². The molecule has 0 unspecified atom stereocenters. The predicted molar refractivity (Wildman–Crippen MR) is 100.0 cm³/mol. The van der Waals surface area contributed by atoms with Crippen molar-refractivity contribution in [2.45, 2.75) is 20.4 Å². The molecule has 1 aromatic heterocycles. The Bertz CT molecular complexity index is 756. The Morgan fingerprint density at radius 2 is 1.96 bits per heavy atom. The number of benzene rings is 1. The summed E-state index contributed by atoms with van der Waals surface area (Å²) in [6.07, 6.45) is 0. The van der Waals surface area contributed by atoms with Gasteiger partial charge in [-0.15, -0.1) is 0 Å². The highest BCUT2D eigenvalue weighted by Gasteiger charge is 2.16. The van der Waals surface area contributed by atoms with Gasteiger partial charge < -0.3 is 25.2 Å². The molecule has 0 saturated carbocycles. The Labute approximate surface area is 158 Å². The third-order valence-corrected chi connectivity index (χ3v) is 3.29. The van der Waals surface area contributed by atoms with Gasteiger partial charge in [-0.05, 0) is 31.2 Å². The van der Waals surface area contributed by atoms with E-state index in [2.05, 4.69) is 10.2 Å². The number of carboxylic acid groups (broad SMARTS) is 1. The molecule has 2 aromatic rings. The Morgan fingerprint density at radius 3 is 2.48 bits per heavy atom. The number of carboxylic acids is 1. The van der Waals surface area contributed by atoms with Gasteiger partial charge in [0, 0.05) is 31.8 Å². The van der Waals surface area contributed by atoms with Gasteiger partial charge in [-0.3, -0.25) is 14.7 Å². The number of aliphatic carboxylic acids is 1. The first-order valence-corrected chi connectivity index (χ1v) is 8.25. The highest BCUT2D eigenvalue weighted by atomic mass is 16.5. The Hall–Kier alpha value is -3.07. The zero-order valence-corrected chi connectivity index (χ0v) is 16.0. The van der Waals surface area contributed by atoms with E-state index in [-0.39, 0.29) is 5.91 Å². The van der Waals surface area contributed by atoms with Crippen LogP contribution in [-0.2, 0) is 11.3 Å². The fourth-order valence-electron chi connectivity index (χ4n) is 2.18. The van der Waals surface area contributed by atoms with Crippen LogP contribution in [0.4, 0.5) is 0 Å². The second-order valence-corrected chi connectivity index (χ2v) is 5.73. The quantitative estimate of drug-likeness (QED) is 0.664. The number of hydrogen-bond acceptors (Lipinski definition) is 6. The van der Waals surface area contributed by atoms with Gasteiger partial charge in [0.1, 0.15) is 6.61 Å². The molecule has 0 atom stereocenters. The first-order valence-electron chi connectivity index (χ1n) is 8.25. The van der Waals surface area contributed by atoms with E-state index < -0.39 is 5.97 Å². The third kappa shape index (κ3) is 7.37. The standard InChI is InChI=1S/C16H22N4O3.C2H4O2/c1-11-8-13(19-18-11)10-20(2)16(21)12-4-5-14(22-3)15(9-12)23-7-6-17;1-2(3)4/h4-5,8-9H,6-7,10,17H2,1-3H3,(H,18,19);1H3,(H,3,4). The van der Waals surface area contributed by atoms with Crippen molar-refractivity contribution in [1.29, 1.82) is 0 Å². The number of carbonyl (C=O) groups excluding carboxylic acids is 1. The van der Waals surface area contributed by atoms with Crippen molar-refractivity contribution in [2.75, 3.05) is 27.3 Å². The molecular weight excluding hydrogens is 352 g/mol. The number of H-pyrrole nitrogens is 1. The number of methoxy groups -OCH3 is 1. The third-order valence-electron chi connectivity index (χ3n) is 3.29. The normalized spacial score (nSPS) is 9.81. The SMILES string of the molecule is CC(=O)O.COc1ccc(C(=O)N(C)Cc2cc(C)[nH]n2)cc1OCCN. The van der Waals surface area contributed by atoms with E-state index in [1.165, 1.54) is 0 Å². The van der Waals surface area contributed by atoms with E-state index in [1.807, 2.05) is 13.0 Å². The van der Waals surface area contributed by atoms with E-state index in [1.54, 1.807) is 37.3 Å². The fraction of sp³-hybridized carbons (Fsp3) is 0.389. The van der Waals surface area contributed by atoms with Crippen LogP contribution < -0.4 is 15.2 Å². The summed E-state index contributed by atoms with van der Waals surface area (Å²) in [4.78, 5) is 23.1. The number of ether oxygens (including phenoxy) is 2. The van der Waals surface area contributed by atoms with Crippen LogP contribution in [0.5, 0.6) is 11.5 Å². The number of hydrogen-bond donors (Lipinski definition) is 3. The van der Waals surface area contributed by atoms with E-state index in [9.17, 15) is 4.79 Å². The molecule has 1 heterocycles. The number of nitrogens with one attached hydrogen (secondary N) is 1. The first-order chi connectivity index (χ1) is 12.8. The maximum atomic E-state index is 12.5. The highest BCUT2D eigenvalue weighted by Crippen LogP contribution is 2.28. The lowest BCUT2D eigenvalue weighted by Gasteiger charge is -2.17. The maximum absolute atomic E-state index is 12.5. The van der Waals surface area contributed by atoms with Crippen LogP contribution in [0, 0.1) is 6.92 Å². The summed E-state index contributed by atoms with van der Waals surface area (Å²) in [6, 6.07) is 7.01. The van der Waals surface area contributed by atoms with Gasteiger partial charge in [0.05, 0.1) is 19.3 Å². The van der Waals surface area contributed by atoms with Crippen LogP contribution in [0.25, 0.3) is 0 Å². The molecule has 1 amide bonds.